The van der Waals surface area contributed by atoms with Crippen LogP contribution in [0.2, 0.25) is 10.0 Å². The number of carbonyl (C=O) groups excluding carboxylic acids is 2. The first-order valence-electron chi connectivity index (χ1n) is 6.87. The number of rotatable bonds is 4. The Morgan fingerprint density at radius 3 is 2.58 bits per heavy atom. The number of benzene rings is 1. The van der Waals surface area contributed by atoms with Crippen LogP contribution in [0.1, 0.15) is 21.6 Å². The van der Waals surface area contributed by atoms with E-state index in [4.69, 9.17) is 27.9 Å². The van der Waals surface area contributed by atoms with Gasteiger partial charge < -0.3 is 15.2 Å². The van der Waals surface area contributed by atoms with Gasteiger partial charge in [-0.2, -0.15) is 0 Å². The molecule has 6 nitrogen and oxygen atoms in total. The van der Waals surface area contributed by atoms with Crippen LogP contribution in [0.15, 0.2) is 24.3 Å². The van der Waals surface area contributed by atoms with Gasteiger partial charge in [-0.3, -0.25) is 4.79 Å². The highest BCUT2D eigenvalue weighted by atomic mass is 35.5. The van der Waals surface area contributed by atoms with Gasteiger partial charge in [0.1, 0.15) is 11.3 Å². The standard InChI is InChI=1S/C16H14Cl2N2O4/c1-8-3-4-10(13(21)5-8)16(23)24-7-14(22)20-15-12(18)6-11(17)9(2)19-15/h3-6,21H,7H2,1-2H3,(H,19,20,22). The van der Waals surface area contributed by atoms with E-state index in [0.29, 0.717) is 10.7 Å². The summed E-state index contributed by atoms with van der Waals surface area (Å²) in [5, 5.41) is 12.7. The number of aromatic hydroxyl groups is 1. The van der Waals surface area contributed by atoms with Gasteiger partial charge in [-0.05, 0) is 37.6 Å². The molecule has 0 saturated carbocycles. The van der Waals surface area contributed by atoms with Gasteiger partial charge in [-0.15, -0.1) is 0 Å². The van der Waals surface area contributed by atoms with Crippen molar-refractivity contribution >= 4 is 40.9 Å². The molecule has 0 saturated heterocycles. The van der Waals surface area contributed by atoms with Crippen molar-refractivity contribution in [2.75, 3.05) is 11.9 Å². The first kappa shape index (κ1) is 18.0. The van der Waals surface area contributed by atoms with E-state index in [1.165, 1.54) is 18.2 Å². The Morgan fingerprint density at radius 2 is 1.92 bits per heavy atom. The van der Waals surface area contributed by atoms with Crippen LogP contribution in [0.3, 0.4) is 0 Å². The number of phenolic OH excluding ortho intramolecular Hbond substituents is 1. The number of carbonyl (C=O) groups is 2. The molecule has 0 atom stereocenters. The highest BCUT2D eigenvalue weighted by Gasteiger charge is 2.16. The molecule has 1 amide bonds. The first-order valence-corrected chi connectivity index (χ1v) is 7.62. The van der Waals surface area contributed by atoms with Gasteiger partial charge in [0.15, 0.2) is 12.4 Å². The molecule has 0 unspecified atom stereocenters. The van der Waals surface area contributed by atoms with Crippen LogP contribution in [0.25, 0.3) is 0 Å². The van der Waals surface area contributed by atoms with Gasteiger partial charge in [-0.25, -0.2) is 9.78 Å². The fraction of sp³-hybridized carbons (Fsp3) is 0.188. The largest absolute Gasteiger partial charge is 0.507 e. The lowest BCUT2D eigenvalue weighted by molar-refractivity contribution is -0.119. The van der Waals surface area contributed by atoms with E-state index in [1.54, 1.807) is 19.9 Å². The molecule has 0 aliphatic heterocycles. The maximum Gasteiger partial charge on any atom is 0.342 e. The summed E-state index contributed by atoms with van der Waals surface area (Å²) in [5.41, 5.74) is 1.27. The third kappa shape index (κ3) is 4.37. The molecule has 2 rings (SSSR count). The monoisotopic (exact) mass is 368 g/mol. The predicted molar refractivity (Wildman–Crippen MR) is 90.8 cm³/mol. The van der Waals surface area contributed by atoms with Crippen molar-refractivity contribution in [2.45, 2.75) is 13.8 Å². The highest BCUT2D eigenvalue weighted by molar-refractivity contribution is 6.36. The Hall–Kier alpha value is -2.31. The molecule has 0 aliphatic carbocycles. The number of aromatic nitrogens is 1. The molecule has 2 aromatic rings. The lowest BCUT2D eigenvalue weighted by Gasteiger charge is -2.09. The topological polar surface area (TPSA) is 88.5 Å². The zero-order valence-corrected chi connectivity index (χ0v) is 14.4. The number of nitrogens with zero attached hydrogens (tertiary/aromatic N) is 1. The summed E-state index contributed by atoms with van der Waals surface area (Å²) < 4.78 is 4.87. The van der Waals surface area contributed by atoms with Crippen molar-refractivity contribution in [3.8, 4) is 5.75 Å². The fourth-order valence-electron chi connectivity index (χ4n) is 1.84. The summed E-state index contributed by atoms with van der Waals surface area (Å²) in [6.07, 6.45) is 0. The second-order valence-electron chi connectivity index (χ2n) is 5.03. The average molecular weight is 369 g/mol. The third-order valence-electron chi connectivity index (χ3n) is 3.07. The first-order chi connectivity index (χ1) is 11.3. The number of ether oxygens (including phenoxy) is 1. The third-order valence-corrected chi connectivity index (χ3v) is 3.74. The van der Waals surface area contributed by atoms with Crippen LogP contribution in [0.5, 0.6) is 5.75 Å². The van der Waals surface area contributed by atoms with Gasteiger partial charge >= 0.3 is 5.97 Å². The minimum atomic E-state index is -0.811. The summed E-state index contributed by atoms with van der Waals surface area (Å²) in [6, 6.07) is 5.96. The summed E-state index contributed by atoms with van der Waals surface area (Å²) in [5.74, 6) is -1.52. The molecule has 1 heterocycles. The van der Waals surface area contributed by atoms with E-state index < -0.39 is 18.5 Å². The normalized spacial score (nSPS) is 10.3. The molecule has 0 radical (unpaired) electrons. The van der Waals surface area contributed by atoms with Crippen LogP contribution in [0, 0.1) is 13.8 Å². The lowest BCUT2D eigenvalue weighted by atomic mass is 10.1. The van der Waals surface area contributed by atoms with Gasteiger partial charge in [0.25, 0.3) is 5.91 Å². The Kier molecular flexibility index (Phi) is 5.64. The van der Waals surface area contributed by atoms with Crippen molar-refractivity contribution in [1.82, 2.24) is 4.98 Å². The lowest BCUT2D eigenvalue weighted by Crippen LogP contribution is -2.22. The van der Waals surface area contributed by atoms with Crippen LogP contribution >= 0.6 is 23.2 Å². The minimum absolute atomic E-state index is 0.0214. The molecule has 24 heavy (non-hydrogen) atoms. The molecular weight excluding hydrogens is 355 g/mol. The number of amides is 1. The SMILES string of the molecule is Cc1ccc(C(=O)OCC(=O)Nc2nc(C)c(Cl)cc2Cl)c(O)c1. The van der Waals surface area contributed by atoms with E-state index in [9.17, 15) is 14.7 Å². The number of hydrogen-bond acceptors (Lipinski definition) is 5. The van der Waals surface area contributed by atoms with Crippen molar-refractivity contribution < 1.29 is 19.4 Å². The number of aryl methyl sites for hydroxylation is 2. The summed E-state index contributed by atoms with van der Waals surface area (Å²) in [6.45, 7) is 2.88. The Labute approximate surface area is 148 Å². The molecule has 0 aliphatic rings. The number of anilines is 1. The van der Waals surface area contributed by atoms with E-state index >= 15 is 0 Å². The molecule has 1 aromatic heterocycles. The van der Waals surface area contributed by atoms with Gasteiger partial charge in [-0.1, -0.05) is 29.3 Å². The molecule has 1 aromatic carbocycles. The number of hydrogen-bond donors (Lipinski definition) is 2. The second-order valence-corrected chi connectivity index (χ2v) is 5.85. The van der Waals surface area contributed by atoms with E-state index in [1.807, 2.05) is 0 Å². The van der Waals surface area contributed by atoms with Crippen molar-refractivity contribution in [2.24, 2.45) is 0 Å². The quantitative estimate of drug-likeness (QED) is 0.806. The Morgan fingerprint density at radius 1 is 1.21 bits per heavy atom. The van der Waals surface area contributed by atoms with Crippen molar-refractivity contribution in [1.29, 1.82) is 0 Å². The van der Waals surface area contributed by atoms with E-state index in [2.05, 4.69) is 10.3 Å². The number of esters is 1. The Bertz CT molecular complexity index is 809. The molecule has 0 bridgehead atoms. The summed E-state index contributed by atoms with van der Waals surface area (Å²) in [4.78, 5) is 27.8. The molecule has 0 spiro atoms. The molecule has 8 heteroatoms. The van der Waals surface area contributed by atoms with Crippen LogP contribution < -0.4 is 5.32 Å². The van der Waals surface area contributed by atoms with Gasteiger partial charge in [0.05, 0.1) is 15.7 Å². The summed E-state index contributed by atoms with van der Waals surface area (Å²) in [7, 11) is 0. The van der Waals surface area contributed by atoms with Crippen LogP contribution in [0.4, 0.5) is 5.82 Å². The predicted octanol–water partition coefficient (Wildman–Crippen LogP) is 3.51. The maximum absolute atomic E-state index is 11.9. The molecule has 2 N–H and O–H groups in total. The van der Waals surface area contributed by atoms with Crippen LogP contribution in [-0.2, 0) is 9.53 Å². The molecule has 126 valence electrons. The molecule has 0 fully saturated rings. The highest BCUT2D eigenvalue weighted by Crippen LogP contribution is 2.25. The Balaban J connectivity index is 1.98. The van der Waals surface area contributed by atoms with E-state index in [-0.39, 0.29) is 22.2 Å². The number of halogens is 2. The number of pyridine rings is 1. The maximum atomic E-state index is 11.9. The average Bonchev–Trinajstić information content (AvgIpc) is 2.50. The number of phenols is 1. The molecular formula is C16H14Cl2N2O4. The zero-order chi connectivity index (χ0) is 17.9. The van der Waals surface area contributed by atoms with Gasteiger partial charge in [0, 0.05) is 0 Å². The van der Waals surface area contributed by atoms with Crippen molar-refractivity contribution in [3.63, 3.8) is 0 Å². The van der Waals surface area contributed by atoms with E-state index in [0.717, 1.165) is 5.56 Å². The smallest absolute Gasteiger partial charge is 0.342 e. The fourth-order valence-corrected chi connectivity index (χ4v) is 2.24. The second kappa shape index (κ2) is 7.51. The van der Waals surface area contributed by atoms with Crippen molar-refractivity contribution in [3.05, 3.63) is 51.1 Å². The number of nitrogens with one attached hydrogen (secondary N) is 1. The summed E-state index contributed by atoms with van der Waals surface area (Å²) >= 11 is 11.8. The zero-order valence-electron chi connectivity index (χ0n) is 12.9. The minimum Gasteiger partial charge on any atom is -0.507 e. The van der Waals surface area contributed by atoms with Crippen LogP contribution in [-0.4, -0.2) is 28.6 Å². The van der Waals surface area contributed by atoms with Gasteiger partial charge in [0.2, 0.25) is 0 Å².